The second-order valence-corrected chi connectivity index (χ2v) is 7.34. The highest BCUT2D eigenvalue weighted by Crippen LogP contribution is 2.42. The summed E-state index contributed by atoms with van der Waals surface area (Å²) in [6.07, 6.45) is 0. The minimum atomic E-state index is -0.00359. The average Bonchev–Trinajstić information content (AvgIpc) is 2.99. The van der Waals surface area contributed by atoms with Crippen LogP contribution in [0.25, 0.3) is 11.1 Å². The lowest BCUT2D eigenvalue weighted by Gasteiger charge is -2.20. The van der Waals surface area contributed by atoms with Gasteiger partial charge in [0.2, 0.25) is 0 Å². The molecule has 3 aromatic rings. The number of benzene rings is 2. The molecule has 4 rings (SSSR count). The molecule has 0 radical (unpaired) electrons. The molecule has 0 spiro atoms. The highest BCUT2D eigenvalue weighted by molar-refractivity contribution is 6.38. The number of rotatable bonds is 5. The van der Waals surface area contributed by atoms with Crippen LogP contribution in [0.5, 0.6) is 0 Å². The van der Waals surface area contributed by atoms with Gasteiger partial charge in [-0.05, 0) is 37.9 Å². The van der Waals surface area contributed by atoms with Crippen LogP contribution in [0.3, 0.4) is 0 Å². The van der Waals surface area contributed by atoms with Crippen LogP contribution in [0, 0.1) is 0 Å². The van der Waals surface area contributed by atoms with E-state index in [0.29, 0.717) is 23.6 Å². The molecule has 2 heterocycles. The van der Waals surface area contributed by atoms with E-state index in [-0.39, 0.29) is 5.91 Å². The Labute approximate surface area is 171 Å². The second-order valence-electron chi connectivity index (χ2n) is 7.34. The number of likely N-dealkylation sites (N-methyl/N-ethyl adjacent to an activating group) is 1. The summed E-state index contributed by atoms with van der Waals surface area (Å²) < 4.78 is 0. The molecule has 5 nitrogen and oxygen atoms in total. The molecular weight excluding hydrogens is 360 g/mol. The van der Waals surface area contributed by atoms with Crippen LogP contribution < -0.4 is 10.6 Å². The average molecular weight is 384 g/mol. The lowest BCUT2D eigenvalue weighted by Crippen LogP contribution is -2.33. The summed E-state index contributed by atoms with van der Waals surface area (Å²) in [5.74, 6) is 0.427. The van der Waals surface area contributed by atoms with Gasteiger partial charge in [0.25, 0.3) is 5.91 Å². The Morgan fingerprint density at radius 1 is 0.966 bits per heavy atom. The summed E-state index contributed by atoms with van der Waals surface area (Å²) in [6, 6.07) is 23.4. The zero-order chi connectivity index (χ0) is 20.4. The Morgan fingerprint density at radius 3 is 2.41 bits per heavy atom. The van der Waals surface area contributed by atoms with Gasteiger partial charge in [0, 0.05) is 24.2 Å². The number of amides is 1. The molecule has 5 heteroatoms. The van der Waals surface area contributed by atoms with Crippen molar-refractivity contribution in [2.24, 2.45) is 0 Å². The molecule has 1 aliphatic heterocycles. The standard InChI is InChI=1S/C24H24N4O/c1-27(2)15-16-28-20-13-7-6-11-18(20)23(24(28)29)22(17-9-4-3-5-10-17)19-12-8-14-21(25)26-19/h3-14H,15-16H2,1-2H3,(H2,25,26). The number of hydrogen-bond donors (Lipinski definition) is 1. The van der Waals surface area contributed by atoms with Crippen molar-refractivity contribution in [3.8, 4) is 0 Å². The molecule has 146 valence electrons. The van der Waals surface area contributed by atoms with Crippen LogP contribution >= 0.6 is 0 Å². The van der Waals surface area contributed by atoms with Crippen molar-refractivity contribution >= 4 is 28.6 Å². The van der Waals surface area contributed by atoms with Crippen molar-refractivity contribution in [2.75, 3.05) is 37.8 Å². The lowest BCUT2D eigenvalue weighted by atomic mass is 9.92. The number of carbonyl (C=O) groups excluding carboxylic acids is 1. The maximum atomic E-state index is 13.6. The van der Waals surface area contributed by atoms with E-state index in [9.17, 15) is 4.79 Å². The number of carbonyl (C=O) groups is 1. The molecule has 0 fully saturated rings. The number of para-hydroxylation sites is 1. The van der Waals surface area contributed by atoms with E-state index < -0.39 is 0 Å². The molecule has 29 heavy (non-hydrogen) atoms. The Balaban J connectivity index is 1.96. The van der Waals surface area contributed by atoms with Crippen molar-refractivity contribution in [2.45, 2.75) is 0 Å². The van der Waals surface area contributed by atoms with Gasteiger partial charge < -0.3 is 15.5 Å². The van der Waals surface area contributed by atoms with Crippen LogP contribution in [0.2, 0.25) is 0 Å². The summed E-state index contributed by atoms with van der Waals surface area (Å²) in [7, 11) is 4.02. The first-order valence-corrected chi connectivity index (χ1v) is 9.65. The first-order valence-electron chi connectivity index (χ1n) is 9.65. The van der Waals surface area contributed by atoms with Crippen LogP contribution in [0.15, 0.2) is 72.8 Å². The van der Waals surface area contributed by atoms with Gasteiger partial charge in [0.05, 0.1) is 17.0 Å². The zero-order valence-corrected chi connectivity index (χ0v) is 16.7. The number of nitrogen functional groups attached to an aromatic ring is 1. The van der Waals surface area contributed by atoms with Crippen LogP contribution in [0.4, 0.5) is 11.5 Å². The summed E-state index contributed by atoms with van der Waals surface area (Å²) in [5, 5.41) is 0. The quantitative estimate of drug-likeness (QED) is 0.684. The fourth-order valence-corrected chi connectivity index (χ4v) is 3.66. The maximum Gasteiger partial charge on any atom is 0.259 e. The number of anilines is 2. The van der Waals surface area contributed by atoms with E-state index in [4.69, 9.17) is 5.73 Å². The monoisotopic (exact) mass is 384 g/mol. The van der Waals surface area contributed by atoms with Gasteiger partial charge in [-0.1, -0.05) is 54.6 Å². The molecule has 1 aliphatic rings. The molecule has 1 amide bonds. The van der Waals surface area contributed by atoms with Gasteiger partial charge in [-0.25, -0.2) is 4.98 Å². The first kappa shape index (κ1) is 18.9. The molecule has 0 saturated heterocycles. The van der Waals surface area contributed by atoms with E-state index in [0.717, 1.165) is 28.9 Å². The molecule has 0 bridgehead atoms. The van der Waals surface area contributed by atoms with Crippen LogP contribution in [-0.2, 0) is 4.79 Å². The first-order chi connectivity index (χ1) is 14.1. The molecule has 1 aromatic heterocycles. The van der Waals surface area contributed by atoms with Crippen LogP contribution in [-0.4, -0.2) is 43.0 Å². The SMILES string of the molecule is CN(C)CCN1C(=O)C(=C(c2ccccc2)c2cccc(N)n2)c2ccccc21. The normalized spacial score (nSPS) is 15.0. The predicted molar refractivity (Wildman–Crippen MR) is 118 cm³/mol. The lowest BCUT2D eigenvalue weighted by molar-refractivity contribution is -0.113. The molecule has 2 N–H and O–H groups in total. The van der Waals surface area contributed by atoms with Crippen molar-refractivity contribution < 1.29 is 4.79 Å². The molecule has 2 aromatic carbocycles. The number of pyridine rings is 1. The maximum absolute atomic E-state index is 13.6. The molecule has 0 aliphatic carbocycles. The van der Waals surface area contributed by atoms with Gasteiger partial charge in [-0.3, -0.25) is 4.79 Å². The Bertz CT molecular complexity index is 1070. The highest BCUT2D eigenvalue weighted by atomic mass is 16.2. The molecule has 0 saturated carbocycles. The summed E-state index contributed by atoms with van der Waals surface area (Å²) in [6.45, 7) is 1.41. The van der Waals surface area contributed by atoms with Crippen molar-refractivity contribution in [1.82, 2.24) is 9.88 Å². The third kappa shape index (κ3) is 3.65. The van der Waals surface area contributed by atoms with Gasteiger partial charge in [-0.15, -0.1) is 0 Å². The number of hydrogen-bond acceptors (Lipinski definition) is 4. The van der Waals surface area contributed by atoms with Crippen molar-refractivity contribution in [3.63, 3.8) is 0 Å². The van der Waals surface area contributed by atoms with Gasteiger partial charge in [0.15, 0.2) is 0 Å². The van der Waals surface area contributed by atoms with E-state index >= 15 is 0 Å². The van der Waals surface area contributed by atoms with E-state index in [1.54, 1.807) is 6.07 Å². The molecule has 0 unspecified atom stereocenters. The number of nitrogens with two attached hydrogens (primary N) is 1. The molecule has 0 atom stereocenters. The minimum absolute atomic E-state index is 0.00359. The zero-order valence-electron chi connectivity index (χ0n) is 16.7. The van der Waals surface area contributed by atoms with E-state index in [2.05, 4.69) is 9.88 Å². The highest BCUT2D eigenvalue weighted by Gasteiger charge is 2.35. The predicted octanol–water partition coefficient (Wildman–Crippen LogP) is 3.53. The molecular formula is C24H24N4O. The van der Waals surface area contributed by atoms with Crippen molar-refractivity contribution in [3.05, 3.63) is 89.6 Å². The van der Waals surface area contributed by atoms with Crippen LogP contribution in [0.1, 0.15) is 16.8 Å². The second kappa shape index (κ2) is 7.89. The Kier molecular flexibility index (Phi) is 5.14. The fraction of sp³-hybridized carbons (Fsp3) is 0.167. The summed E-state index contributed by atoms with van der Waals surface area (Å²) >= 11 is 0. The number of aromatic nitrogens is 1. The van der Waals surface area contributed by atoms with Gasteiger partial charge in [0.1, 0.15) is 5.82 Å². The summed E-state index contributed by atoms with van der Waals surface area (Å²) in [4.78, 5) is 22.1. The van der Waals surface area contributed by atoms with Gasteiger partial charge in [-0.2, -0.15) is 0 Å². The van der Waals surface area contributed by atoms with E-state index in [1.807, 2.05) is 85.7 Å². The smallest absolute Gasteiger partial charge is 0.259 e. The topological polar surface area (TPSA) is 62.5 Å². The Morgan fingerprint density at radius 2 is 1.69 bits per heavy atom. The van der Waals surface area contributed by atoms with Crippen molar-refractivity contribution in [1.29, 1.82) is 0 Å². The Hall–Kier alpha value is -3.44. The third-order valence-corrected chi connectivity index (χ3v) is 5.03. The van der Waals surface area contributed by atoms with Gasteiger partial charge >= 0.3 is 0 Å². The number of nitrogens with zero attached hydrogens (tertiary/aromatic N) is 3. The third-order valence-electron chi connectivity index (χ3n) is 5.03. The number of fused-ring (bicyclic) bond motifs is 1. The largest absolute Gasteiger partial charge is 0.384 e. The van der Waals surface area contributed by atoms with E-state index in [1.165, 1.54) is 0 Å². The fourth-order valence-electron chi connectivity index (χ4n) is 3.66. The summed E-state index contributed by atoms with van der Waals surface area (Å²) in [5.41, 5.74) is 11.0. The minimum Gasteiger partial charge on any atom is -0.384 e.